The first-order chi connectivity index (χ1) is 8.24. The minimum absolute atomic E-state index is 0.418. The molecule has 2 aliphatic rings. The maximum atomic E-state index is 10.9. The highest BCUT2D eigenvalue weighted by molar-refractivity contribution is 5.70. The summed E-state index contributed by atoms with van der Waals surface area (Å²) in [6.45, 7) is 1.35. The van der Waals surface area contributed by atoms with Crippen molar-refractivity contribution in [1.29, 1.82) is 0 Å². The first-order valence-electron chi connectivity index (χ1n) is 5.98. The van der Waals surface area contributed by atoms with E-state index in [1.807, 2.05) is 18.2 Å². The second-order valence-corrected chi connectivity index (χ2v) is 4.87. The fraction of sp³-hybridized carbons (Fsp3) is 0.357. The highest BCUT2D eigenvalue weighted by atomic mass is 16.4. The number of hydrogen-bond donors (Lipinski definition) is 1. The summed E-state index contributed by atoms with van der Waals surface area (Å²) in [5.41, 5.74) is 2.66. The molecule has 3 rings (SSSR count). The van der Waals surface area contributed by atoms with Gasteiger partial charge >= 0.3 is 6.09 Å². The molecule has 0 bridgehead atoms. The number of benzene rings is 1. The average molecular weight is 229 g/mol. The predicted octanol–water partition coefficient (Wildman–Crippen LogP) is 2.70. The molecule has 3 nitrogen and oxygen atoms in total. The smallest absolute Gasteiger partial charge is 0.407 e. The van der Waals surface area contributed by atoms with Crippen LogP contribution in [-0.2, 0) is 0 Å². The van der Waals surface area contributed by atoms with Gasteiger partial charge in [-0.2, -0.15) is 0 Å². The Kier molecular flexibility index (Phi) is 2.39. The highest BCUT2D eigenvalue weighted by Gasteiger charge is 2.38. The molecule has 1 aliphatic heterocycles. The van der Waals surface area contributed by atoms with Crippen molar-refractivity contribution >= 4 is 11.7 Å². The van der Waals surface area contributed by atoms with Crippen LogP contribution in [0.1, 0.15) is 12.0 Å². The van der Waals surface area contributed by atoms with Gasteiger partial charge in [0.25, 0.3) is 0 Å². The van der Waals surface area contributed by atoms with E-state index >= 15 is 0 Å². The molecule has 88 valence electrons. The Hall–Kier alpha value is -1.77. The molecule has 3 heteroatoms. The molecule has 1 heterocycles. The molecule has 1 aromatic rings. The molecule has 2 atom stereocenters. The number of allylic oxidation sites excluding steroid dienone is 1. The van der Waals surface area contributed by atoms with E-state index in [-0.39, 0.29) is 0 Å². The van der Waals surface area contributed by atoms with Crippen molar-refractivity contribution in [2.45, 2.75) is 6.42 Å². The average Bonchev–Trinajstić information content (AvgIpc) is 2.87. The van der Waals surface area contributed by atoms with Crippen molar-refractivity contribution in [1.82, 2.24) is 4.90 Å². The standard InChI is InChI=1S/C14H15NO2/c16-14(17)15-8-12-6-11(7-13(12)9-15)10-4-2-1-3-5-10/h1-6,12-13H,7-9H2,(H,16,17). The van der Waals surface area contributed by atoms with Crippen molar-refractivity contribution < 1.29 is 9.90 Å². The maximum absolute atomic E-state index is 10.9. The molecule has 1 fully saturated rings. The summed E-state index contributed by atoms with van der Waals surface area (Å²) in [5.74, 6) is 0.905. The molecule has 1 aromatic carbocycles. The summed E-state index contributed by atoms with van der Waals surface area (Å²) >= 11 is 0. The lowest BCUT2D eigenvalue weighted by atomic mass is 9.98. The van der Waals surface area contributed by atoms with E-state index in [0.717, 1.165) is 6.42 Å². The number of carboxylic acid groups (broad SMARTS) is 1. The molecule has 1 amide bonds. The number of amides is 1. The molecule has 17 heavy (non-hydrogen) atoms. The lowest BCUT2D eigenvalue weighted by molar-refractivity contribution is 0.153. The van der Waals surface area contributed by atoms with Crippen molar-refractivity contribution in [2.75, 3.05) is 13.1 Å². The Balaban J connectivity index is 1.78. The van der Waals surface area contributed by atoms with Gasteiger partial charge in [0.1, 0.15) is 0 Å². The van der Waals surface area contributed by atoms with Crippen LogP contribution in [0.2, 0.25) is 0 Å². The van der Waals surface area contributed by atoms with Crippen LogP contribution < -0.4 is 0 Å². The van der Waals surface area contributed by atoms with Crippen LogP contribution in [-0.4, -0.2) is 29.2 Å². The van der Waals surface area contributed by atoms with Gasteiger partial charge in [-0.05, 0) is 29.4 Å². The monoisotopic (exact) mass is 229 g/mol. The van der Waals surface area contributed by atoms with Crippen LogP contribution in [0.4, 0.5) is 4.79 Å². The molecular weight excluding hydrogens is 214 g/mol. The lowest BCUT2D eigenvalue weighted by Gasteiger charge is -2.12. The van der Waals surface area contributed by atoms with Crippen LogP contribution >= 0.6 is 0 Å². The van der Waals surface area contributed by atoms with Gasteiger partial charge in [-0.15, -0.1) is 0 Å². The highest BCUT2D eigenvalue weighted by Crippen LogP contribution is 2.40. The van der Waals surface area contributed by atoms with E-state index < -0.39 is 6.09 Å². The third kappa shape index (κ3) is 1.82. The zero-order valence-corrected chi connectivity index (χ0v) is 9.54. The summed E-state index contributed by atoms with van der Waals surface area (Å²) in [6.07, 6.45) is 2.50. The Morgan fingerprint density at radius 2 is 2.00 bits per heavy atom. The summed E-state index contributed by atoms with van der Waals surface area (Å²) in [4.78, 5) is 12.4. The van der Waals surface area contributed by atoms with Crippen molar-refractivity contribution in [2.24, 2.45) is 11.8 Å². The first kappa shape index (κ1) is 10.4. The summed E-state index contributed by atoms with van der Waals surface area (Å²) in [7, 11) is 0. The van der Waals surface area contributed by atoms with Gasteiger partial charge in [-0.1, -0.05) is 36.4 Å². The predicted molar refractivity (Wildman–Crippen MR) is 65.6 cm³/mol. The van der Waals surface area contributed by atoms with Gasteiger partial charge in [0, 0.05) is 13.1 Å². The quantitative estimate of drug-likeness (QED) is 0.804. The van der Waals surface area contributed by atoms with E-state index in [9.17, 15) is 4.79 Å². The number of fused-ring (bicyclic) bond motifs is 1. The van der Waals surface area contributed by atoms with Gasteiger partial charge in [0.2, 0.25) is 0 Å². The minimum atomic E-state index is -0.783. The van der Waals surface area contributed by atoms with Crippen molar-refractivity contribution in [3.63, 3.8) is 0 Å². The largest absolute Gasteiger partial charge is 0.465 e. The van der Waals surface area contributed by atoms with Gasteiger partial charge < -0.3 is 10.0 Å². The topological polar surface area (TPSA) is 40.5 Å². The number of hydrogen-bond acceptors (Lipinski definition) is 1. The van der Waals surface area contributed by atoms with Crippen LogP contribution in [0.25, 0.3) is 5.57 Å². The van der Waals surface area contributed by atoms with Crippen molar-refractivity contribution in [3.8, 4) is 0 Å². The van der Waals surface area contributed by atoms with Crippen molar-refractivity contribution in [3.05, 3.63) is 42.0 Å². The molecule has 2 unspecified atom stereocenters. The first-order valence-corrected chi connectivity index (χ1v) is 5.98. The molecule has 0 radical (unpaired) electrons. The molecule has 1 saturated heterocycles. The minimum Gasteiger partial charge on any atom is -0.465 e. The van der Waals surface area contributed by atoms with E-state index in [4.69, 9.17) is 5.11 Å². The number of likely N-dealkylation sites (tertiary alicyclic amines) is 1. The molecule has 1 N–H and O–H groups in total. The van der Waals surface area contributed by atoms with Gasteiger partial charge in [-0.25, -0.2) is 4.79 Å². The lowest BCUT2D eigenvalue weighted by Crippen LogP contribution is -2.27. The molecule has 1 aliphatic carbocycles. The fourth-order valence-electron chi connectivity index (χ4n) is 2.93. The number of rotatable bonds is 1. The second kappa shape index (κ2) is 3.91. The van der Waals surface area contributed by atoms with Crippen LogP contribution in [0.3, 0.4) is 0 Å². The van der Waals surface area contributed by atoms with E-state index in [1.54, 1.807) is 0 Å². The van der Waals surface area contributed by atoms with Crippen LogP contribution in [0, 0.1) is 11.8 Å². The Labute approximate surface area is 100 Å². The van der Waals surface area contributed by atoms with E-state index in [0.29, 0.717) is 24.9 Å². The third-order valence-corrected chi connectivity index (χ3v) is 3.80. The van der Waals surface area contributed by atoms with Gasteiger partial charge in [0.05, 0.1) is 0 Å². The van der Waals surface area contributed by atoms with Crippen LogP contribution in [0.15, 0.2) is 36.4 Å². The maximum Gasteiger partial charge on any atom is 0.407 e. The SMILES string of the molecule is O=C(O)N1CC2C=C(c3ccccc3)CC2C1. The second-order valence-electron chi connectivity index (χ2n) is 4.87. The third-order valence-electron chi connectivity index (χ3n) is 3.80. The summed E-state index contributed by atoms with van der Waals surface area (Å²) in [5, 5.41) is 8.96. The Morgan fingerprint density at radius 3 is 2.65 bits per heavy atom. The zero-order valence-electron chi connectivity index (χ0n) is 9.54. The Bertz CT molecular complexity index is 466. The summed E-state index contributed by atoms with van der Waals surface area (Å²) in [6, 6.07) is 10.4. The van der Waals surface area contributed by atoms with E-state index in [1.165, 1.54) is 16.0 Å². The number of carbonyl (C=O) groups is 1. The molecule has 0 saturated carbocycles. The molecule has 0 aromatic heterocycles. The molecule has 0 spiro atoms. The van der Waals surface area contributed by atoms with E-state index in [2.05, 4.69) is 18.2 Å². The molecular formula is C14H15NO2. The zero-order chi connectivity index (χ0) is 11.8. The number of nitrogens with zero attached hydrogens (tertiary/aromatic N) is 1. The van der Waals surface area contributed by atoms with Crippen LogP contribution in [0.5, 0.6) is 0 Å². The fourth-order valence-corrected chi connectivity index (χ4v) is 2.93. The normalized spacial score (nSPS) is 26.8. The Morgan fingerprint density at radius 1 is 1.24 bits per heavy atom. The summed E-state index contributed by atoms with van der Waals surface area (Å²) < 4.78 is 0. The van der Waals surface area contributed by atoms with Gasteiger partial charge in [-0.3, -0.25) is 0 Å². The van der Waals surface area contributed by atoms with Gasteiger partial charge in [0.15, 0.2) is 0 Å².